The van der Waals surface area contributed by atoms with Crippen LogP contribution >= 0.6 is 0 Å². The number of amides is 2. The van der Waals surface area contributed by atoms with Crippen molar-refractivity contribution in [3.05, 3.63) is 35.9 Å². The van der Waals surface area contributed by atoms with Crippen LogP contribution in [0.2, 0.25) is 0 Å². The van der Waals surface area contributed by atoms with Crippen LogP contribution in [0.1, 0.15) is 31.1 Å². The third-order valence-electron chi connectivity index (χ3n) is 3.23. The van der Waals surface area contributed by atoms with Gasteiger partial charge in [0.1, 0.15) is 6.33 Å². The number of nitrogens with one attached hydrogen (secondary N) is 2. The highest BCUT2D eigenvalue weighted by molar-refractivity contribution is 5.87. The predicted molar refractivity (Wildman–Crippen MR) is 79.7 cm³/mol. The number of rotatable bonds is 4. The predicted octanol–water partition coefficient (Wildman–Crippen LogP) is 2.04. The smallest absolute Gasteiger partial charge is 0.322 e. The van der Waals surface area contributed by atoms with E-state index in [-0.39, 0.29) is 18.0 Å². The van der Waals surface area contributed by atoms with Gasteiger partial charge < -0.3 is 5.32 Å². The molecule has 0 aromatic carbocycles. The number of hydrogen-bond donors (Lipinski definition) is 2. The van der Waals surface area contributed by atoms with Gasteiger partial charge in [-0.3, -0.25) is 10.3 Å². The Morgan fingerprint density at radius 2 is 2.10 bits per heavy atom. The summed E-state index contributed by atoms with van der Waals surface area (Å²) in [7, 11) is 1.71. The first-order valence-corrected chi connectivity index (χ1v) is 6.82. The molecule has 0 saturated carbocycles. The van der Waals surface area contributed by atoms with Crippen LogP contribution in [0.5, 0.6) is 0 Å². The van der Waals surface area contributed by atoms with Gasteiger partial charge in [0, 0.05) is 13.2 Å². The zero-order chi connectivity index (χ0) is 15.4. The van der Waals surface area contributed by atoms with Gasteiger partial charge in [0.25, 0.3) is 0 Å². The number of pyridine rings is 1. The minimum atomic E-state index is -0.324. The van der Waals surface area contributed by atoms with Gasteiger partial charge in [-0.15, -0.1) is 0 Å². The number of nitrogens with zero attached hydrogens (tertiary/aromatic N) is 4. The molecule has 112 valence electrons. The molecule has 0 radical (unpaired) electrons. The highest BCUT2D eigenvalue weighted by Gasteiger charge is 2.21. The first kappa shape index (κ1) is 15.0. The van der Waals surface area contributed by atoms with Crippen LogP contribution in [0.3, 0.4) is 0 Å². The maximum absolute atomic E-state index is 12.1. The SMILES string of the molecule is Cc1cccnc1C(NC(=O)Nc1ncnn1C)C(C)C. The average Bonchev–Trinajstić information content (AvgIpc) is 2.82. The molecule has 2 heterocycles. The standard InChI is InChI=1S/C14H20N6O/c1-9(2)11(12-10(3)6-5-7-15-12)18-14(21)19-13-16-8-17-20(13)4/h5-9,11H,1-4H3,(H2,16,17,18,19,21). The molecule has 7 nitrogen and oxygen atoms in total. The molecule has 2 N–H and O–H groups in total. The second-order valence-corrected chi connectivity index (χ2v) is 5.23. The molecule has 7 heteroatoms. The third-order valence-corrected chi connectivity index (χ3v) is 3.23. The molecule has 2 amide bonds. The fraction of sp³-hybridized carbons (Fsp3) is 0.429. The lowest BCUT2D eigenvalue weighted by Gasteiger charge is -2.23. The molecule has 1 unspecified atom stereocenters. The Bertz CT molecular complexity index is 621. The fourth-order valence-electron chi connectivity index (χ4n) is 2.06. The maximum atomic E-state index is 12.1. The summed E-state index contributed by atoms with van der Waals surface area (Å²) in [5.41, 5.74) is 1.93. The zero-order valence-electron chi connectivity index (χ0n) is 12.7. The molecule has 2 rings (SSSR count). The number of hydrogen-bond acceptors (Lipinski definition) is 4. The van der Waals surface area contributed by atoms with Gasteiger partial charge in [0.2, 0.25) is 5.95 Å². The van der Waals surface area contributed by atoms with Gasteiger partial charge in [-0.2, -0.15) is 10.1 Å². The average molecular weight is 288 g/mol. The molecule has 0 spiro atoms. The molecular formula is C14H20N6O. The van der Waals surface area contributed by atoms with Crippen LogP contribution in [0.15, 0.2) is 24.7 Å². The summed E-state index contributed by atoms with van der Waals surface area (Å²) >= 11 is 0. The number of aryl methyl sites for hydroxylation is 2. The minimum Gasteiger partial charge on any atom is -0.329 e. The summed E-state index contributed by atoms with van der Waals surface area (Å²) in [5, 5.41) is 9.53. The minimum absolute atomic E-state index is 0.167. The highest BCUT2D eigenvalue weighted by Crippen LogP contribution is 2.22. The lowest BCUT2D eigenvalue weighted by molar-refractivity contribution is 0.244. The number of anilines is 1. The van der Waals surface area contributed by atoms with Crippen molar-refractivity contribution in [1.29, 1.82) is 0 Å². The van der Waals surface area contributed by atoms with Crippen LogP contribution in [-0.2, 0) is 7.05 Å². The quantitative estimate of drug-likeness (QED) is 0.901. The van der Waals surface area contributed by atoms with Crippen LogP contribution in [0, 0.1) is 12.8 Å². The van der Waals surface area contributed by atoms with E-state index in [9.17, 15) is 4.79 Å². The molecule has 1 atom stereocenters. The Hall–Kier alpha value is -2.44. The van der Waals surface area contributed by atoms with Crippen molar-refractivity contribution in [2.45, 2.75) is 26.8 Å². The van der Waals surface area contributed by atoms with Crippen LogP contribution < -0.4 is 10.6 Å². The topological polar surface area (TPSA) is 84.7 Å². The van der Waals surface area contributed by atoms with E-state index < -0.39 is 0 Å². The summed E-state index contributed by atoms with van der Waals surface area (Å²) in [6, 6.07) is 3.38. The summed E-state index contributed by atoms with van der Waals surface area (Å²) in [6.07, 6.45) is 3.12. The van der Waals surface area contributed by atoms with E-state index in [0.29, 0.717) is 5.95 Å². The molecule has 0 saturated heterocycles. The largest absolute Gasteiger partial charge is 0.329 e. The van der Waals surface area contributed by atoms with Gasteiger partial charge in [-0.25, -0.2) is 9.48 Å². The molecule has 21 heavy (non-hydrogen) atoms. The Kier molecular flexibility index (Phi) is 4.52. The van der Waals surface area contributed by atoms with E-state index in [4.69, 9.17) is 0 Å². The normalized spacial score (nSPS) is 12.2. The Morgan fingerprint density at radius 3 is 2.67 bits per heavy atom. The summed E-state index contributed by atoms with van der Waals surface area (Å²) in [6.45, 7) is 6.07. The number of carbonyl (C=O) groups is 1. The van der Waals surface area contributed by atoms with Gasteiger partial charge in [0.05, 0.1) is 11.7 Å². The molecule has 0 aliphatic rings. The van der Waals surface area contributed by atoms with Crippen molar-refractivity contribution >= 4 is 12.0 Å². The summed E-state index contributed by atoms with van der Waals surface area (Å²) in [5.74, 6) is 0.608. The van der Waals surface area contributed by atoms with Gasteiger partial charge in [-0.1, -0.05) is 19.9 Å². The van der Waals surface area contributed by atoms with E-state index >= 15 is 0 Å². The summed E-state index contributed by atoms with van der Waals surface area (Å²) < 4.78 is 1.50. The highest BCUT2D eigenvalue weighted by atomic mass is 16.2. The molecule has 0 bridgehead atoms. The molecular weight excluding hydrogens is 268 g/mol. The van der Waals surface area contributed by atoms with E-state index in [2.05, 4.69) is 25.7 Å². The van der Waals surface area contributed by atoms with Crippen molar-refractivity contribution < 1.29 is 4.79 Å². The number of carbonyl (C=O) groups excluding carboxylic acids is 1. The Balaban J connectivity index is 2.12. The van der Waals surface area contributed by atoms with E-state index in [1.807, 2.05) is 32.9 Å². The lowest BCUT2D eigenvalue weighted by atomic mass is 9.97. The fourth-order valence-corrected chi connectivity index (χ4v) is 2.06. The lowest BCUT2D eigenvalue weighted by Crippen LogP contribution is -2.36. The Labute approximate surface area is 123 Å². The van der Waals surface area contributed by atoms with Gasteiger partial charge >= 0.3 is 6.03 Å². The van der Waals surface area contributed by atoms with Gasteiger partial charge in [-0.05, 0) is 24.5 Å². The van der Waals surface area contributed by atoms with Gasteiger partial charge in [0.15, 0.2) is 0 Å². The van der Waals surface area contributed by atoms with Crippen molar-refractivity contribution in [1.82, 2.24) is 25.1 Å². The molecule has 0 aliphatic carbocycles. The van der Waals surface area contributed by atoms with Crippen molar-refractivity contribution in [3.63, 3.8) is 0 Å². The van der Waals surface area contributed by atoms with Crippen molar-refractivity contribution in [3.8, 4) is 0 Å². The van der Waals surface area contributed by atoms with Crippen LogP contribution in [-0.4, -0.2) is 25.8 Å². The number of urea groups is 1. The first-order valence-electron chi connectivity index (χ1n) is 6.82. The van der Waals surface area contributed by atoms with Crippen LogP contribution in [0.4, 0.5) is 10.7 Å². The number of aromatic nitrogens is 4. The second-order valence-electron chi connectivity index (χ2n) is 5.23. The van der Waals surface area contributed by atoms with E-state index in [0.717, 1.165) is 11.3 Å². The summed E-state index contributed by atoms with van der Waals surface area (Å²) in [4.78, 5) is 20.5. The van der Waals surface area contributed by atoms with E-state index in [1.165, 1.54) is 11.0 Å². The molecule has 0 fully saturated rings. The monoisotopic (exact) mass is 288 g/mol. The van der Waals surface area contributed by atoms with Crippen LogP contribution in [0.25, 0.3) is 0 Å². The van der Waals surface area contributed by atoms with E-state index in [1.54, 1.807) is 13.2 Å². The molecule has 0 aliphatic heterocycles. The molecule has 2 aromatic heterocycles. The third kappa shape index (κ3) is 3.56. The second kappa shape index (κ2) is 6.34. The van der Waals surface area contributed by atoms with Crippen molar-refractivity contribution in [2.75, 3.05) is 5.32 Å². The van der Waals surface area contributed by atoms with Crippen molar-refractivity contribution in [2.24, 2.45) is 13.0 Å². The Morgan fingerprint density at radius 1 is 1.33 bits per heavy atom. The maximum Gasteiger partial charge on any atom is 0.322 e. The first-order chi connectivity index (χ1) is 9.99. The zero-order valence-corrected chi connectivity index (χ0v) is 12.7. The molecule has 2 aromatic rings.